The van der Waals surface area contributed by atoms with Crippen LogP contribution in [0.4, 0.5) is 13.2 Å². The van der Waals surface area contributed by atoms with Gasteiger partial charge in [-0.05, 0) is 54.1 Å². The van der Waals surface area contributed by atoms with Crippen molar-refractivity contribution in [1.29, 1.82) is 0 Å². The lowest BCUT2D eigenvalue weighted by atomic mass is 10.1. The molecule has 3 aromatic rings. The highest BCUT2D eigenvalue weighted by Gasteiger charge is 2.41. The second kappa shape index (κ2) is 9.56. The van der Waals surface area contributed by atoms with Crippen molar-refractivity contribution in [3.63, 3.8) is 0 Å². The average molecular weight is 449 g/mol. The Morgan fingerprint density at radius 3 is 2.42 bits per heavy atom. The number of carbonyl (C=O) groups excluding carboxylic acids is 1. The van der Waals surface area contributed by atoms with Crippen LogP contribution in [0.3, 0.4) is 0 Å². The van der Waals surface area contributed by atoms with E-state index < -0.39 is 31.3 Å². The summed E-state index contributed by atoms with van der Waals surface area (Å²) in [5, 5.41) is 0.995. The molecule has 0 amide bonds. The van der Waals surface area contributed by atoms with Crippen LogP contribution in [0.1, 0.15) is 19.4 Å². The van der Waals surface area contributed by atoms with Crippen molar-refractivity contribution in [2.45, 2.75) is 26.4 Å². The van der Waals surface area contributed by atoms with Crippen LogP contribution in [0.25, 0.3) is 20.5 Å². The molecule has 0 radical (unpaired) electrons. The van der Waals surface area contributed by atoms with Gasteiger partial charge in [-0.2, -0.15) is 13.2 Å². The van der Waals surface area contributed by atoms with E-state index in [1.54, 1.807) is 23.5 Å². The topological polar surface area (TPSA) is 35.5 Å². The molecule has 3 nitrogen and oxygen atoms in total. The third kappa shape index (κ3) is 5.88. The first-order valence-corrected chi connectivity index (χ1v) is 10.6. The second-order valence-corrected chi connectivity index (χ2v) is 8.37. The van der Waals surface area contributed by atoms with Gasteiger partial charge in [0, 0.05) is 15.2 Å². The zero-order chi connectivity index (χ0) is 22.6. The van der Waals surface area contributed by atoms with Gasteiger partial charge in [0.1, 0.15) is 24.9 Å². The predicted molar refractivity (Wildman–Crippen MR) is 117 cm³/mol. The van der Waals surface area contributed by atoms with Crippen LogP contribution in [0, 0.1) is 5.92 Å². The maximum absolute atomic E-state index is 13.3. The first-order chi connectivity index (χ1) is 14.7. The number of carbonyl (C=O) groups is 1. The molecule has 0 aliphatic carbocycles. The number of ether oxygens (including phenoxy) is 2. The number of fused-ring (bicyclic) bond motifs is 1. The molecule has 0 spiro atoms. The van der Waals surface area contributed by atoms with Crippen LogP contribution < -0.4 is 4.74 Å². The summed E-state index contributed by atoms with van der Waals surface area (Å²) >= 11 is 1.55. The van der Waals surface area contributed by atoms with E-state index in [1.807, 2.05) is 6.07 Å². The van der Waals surface area contributed by atoms with Gasteiger partial charge in [-0.1, -0.05) is 37.8 Å². The van der Waals surface area contributed by atoms with Crippen molar-refractivity contribution in [2.75, 3.05) is 13.2 Å². The number of thiophene rings is 1. The summed E-state index contributed by atoms with van der Waals surface area (Å²) in [5.74, 6) is -2.45. The molecule has 1 atom stereocenters. The minimum absolute atomic E-state index is 0.0464. The second-order valence-electron chi connectivity index (χ2n) is 7.29. The van der Waals surface area contributed by atoms with E-state index in [0.717, 1.165) is 26.9 Å². The zero-order valence-electron chi connectivity index (χ0n) is 17.3. The van der Waals surface area contributed by atoms with Crippen molar-refractivity contribution < 1.29 is 27.4 Å². The molecule has 7 heteroatoms. The summed E-state index contributed by atoms with van der Waals surface area (Å²) in [6.07, 6.45) is -3.58. The Labute approximate surface area is 183 Å². The molecule has 3 rings (SSSR count). The molecular weight excluding hydrogens is 425 g/mol. The van der Waals surface area contributed by atoms with Crippen LogP contribution in [-0.2, 0) is 16.0 Å². The summed E-state index contributed by atoms with van der Waals surface area (Å²) in [7, 11) is 0. The van der Waals surface area contributed by atoms with Crippen molar-refractivity contribution in [1.82, 2.24) is 0 Å². The number of alkyl halides is 3. The summed E-state index contributed by atoms with van der Waals surface area (Å²) in [5.41, 5.74) is 2.40. The number of hydrogen-bond acceptors (Lipinski definition) is 4. The van der Waals surface area contributed by atoms with Gasteiger partial charge in [-0.15, -0.1) is 11.3 Å². The van der Waals surface area contributed by atoms with Gasteiger partial charge in [0.15, 0.2) is 0 Å². The van der Waals surface area contributed by atoms with Gasteiger partial charge in [0.25, 0.3) is 0 Å². The lowest BCUT2D eigenvalue weighted by molar-refractivity contribution is -0.196. The van der Waals surface area contributed by atoms with Gasteiger partial charge >= 0.3 is 12.1 Å². The molecular formula is C24H23F3O3S. The Bertz CT molecular complexity index is 1070. The lowest BCUT2D eigenvalue weighted by Gasteiger charge is -2.20. The minimum Gasteiger partial charge on any atom is -0.493 e. The molecule has 1 unspecified atom stereocenters. The summed E-state index contributed by atoms with van der Waals surface area (Å²) in [6.45, 7) is 5.39. The smallest absolute Gasteiger partial charge is 0.398 e. The van der Waals surface area contributed by atoms with Crippen LogP contribution in [0.5, 0.6) is 5.75 Å². The lowest BCUT2D eigenvalue weighted by Crippen LogP contribution is -2.33. The van der Waals surface area contributed by atoms with Crippen LogP contribution >= 0.6 is 11.3 Å². The number of aryl methyl sites for hydroxylation is 1. The van der Waals surface area contributed by atoms with E-state index in [-0.39, 0.29) is 5.57 Å². The highest BCUT2D eigenvalue weighted by Crippen LogP contribution is 2.36. The number of hydrogen-bond donors (Lipinski definition) is 0. The summed E-state index contributed by atoms with van der Waals surface area (Å²) in [4.78, 5) is 12.5. The number of benzene rings is 2. The number of esters is 1. The van der Waals surface area contributed by atoms with E-state index in [0.29, 0.717) is 5.75 Å². The van der Waals surface area contributed by atoms with Gasteiger partial charge in [0.2, 0.25) is 0 Å². The van der Waals surface area contributed by atoms with E-state index in [4.69, 9.17) is 4.74 Å². The van der Waals surface area contributed by atoms with Crippen molar-refractivity contribution in [2.24, 2.45) is 5.92 Å². The van der Waals surface area contributed by atoms with Crippen molar-refractivity contribution >= 4 is 27.4 Å². The molecule has 164 valence electrons. The third-order valence-electron chi connectivity index (χ3n) is 4.82. The predicted octanol–water partition coefficient (Wildman–Crippen LogP) is 6.81. The van der Waals surface area contributed by atoms with Crippen LogP contribution in [0.2, 0.25) is 0 Å². The maximum Gasteiger partial charge on any atom is 0.398 e. The molecule has 0 aliphatic heterocycles. The average Bonchev–Trinajstić information content (AvgIpc) is 3.16. The largest absolute Gasteiger partial charge is 0.493 e. The van der Waals surface area contributed by atoms with Crippen molar-refractivity contribution in [3.05, 3.63) is 66.2 Å². The first-order valence-electron chi connectivity index (χ1n) is 9.82. The summed E-state index contributed by atoms with van der Waals surface area (Å²) in [6, 6.07) is 15.6. The fourth-order valence-electron chi connectivity index (χ4n) is 2.88. The first kappa shape index (κ1) is 22.9. The Hall–Kier alpha value is -2.80. The maximum atomic E-state index is 13.3. The normalized spacial score (nSPS) is 12.5. The quantitative estimate of drug-likeness (QED) is 0.281. The molecule has 1 heterocycles. The molecule has 0 fully saturated rings. The zero-order valence-corrected chi connectivity index (χ0v) is 18.1. The Morgan fingerprint density at radius 2 is 1.81 bits per heavy atom. The van der Waals surface area contributed by atoms with Gasteiger partial charge < -0.3 is 9.47 Å². The van der Waals surface area contributed by atoms with Gasteiger partial charge in [0.05, 0.1) is 0 Å². The fourth-order valence-corrected chi connectivity index (χ4v) is 3.98. The minimum atomic E-state index is -4.56. The molecule has 0 saturated heterocycles. The third-order valence-corrected chi connectivity index (χ3v) is 5.96. The molecule has 0 N–H and O–H groups in total. The number of rotatable bonds is 8. The molecule has 0 aliphatic rings. The van der Waals surface area contributed by atoms with Gasteiger partial charge in [-0.25, -0.2) is 4.79 Å². The van der Waals surface area contributed by atoms with Crippen molar-refractivity contribution in [3.8, 4) is 16.2 Å². The number of halogens is 3. The van der Waals surface area contributed by atoms with Gasteiger partial charge in [-0.3, -0.25) is 0 Å². The molecule has 31 heavy (non-hydrogen) atoms. The fraction of sp³-hybridized carbons (Fsp3) is 0.292. The molecule has 0 saturated carbocycles. The van der Waals surface area contributed by atoms with E-state index >= 15 is 0 Å². The Morgan fingerprint density at radius 1 is 1.10 bits per heavy atom. The summed E-state index contributed by atoms with van der Waals surface area (Å²) < 4.78 is 50.9. The Kier molecular flexibility index (Phi) is 7.05. The van der Waals surface area contributed by atoms with Crippen LogP contribution in [0.15, 0.2) is 60.7 Å². The van der Waals surface area contributed by atoms with E-state index in [1.165, 1.54) is 12.5 Å². The Balaban J connectivity index is 1.71. The molecule has 1 aromatic heterocycles. The highest BCUT2D eigenvalue weighted by atomic mass is 32.1. The molecule has 0 bridgehead atoms. The molecule has 2 aromatic carbocycles. The van der Waals surface area contributed by atoms with Crippen LogP contribution in [-0.4, -0.2) is 25.4 Å². The highest BCUT2D eigenvalue weighted by molar-refractivity contribution is 7.22. The van der Waals surface area contributed by atoms with E-state index in [9.17, 15) is 18.0 Å². The SMILES string of the molecule is C=C(C)C(=O)OCC(COc1ccc2cc(-c3ccc(CC)cc3)sc2c1)C(F)(F)F. The monoisotopic (exact) mass is 448 g/mol. The van der Waals surface area contributed by atoms with E-state index in [2.05, 4.69) is 48.6 Å². The standard InChI is InChI=1S/C24H23F3O3S/c1-4-16-5-7-17(8-6-16)21-11-18-9-10-20(12-22(18)31-21)29-13-19(24(25,26)27)14-30-23(28)15(2)3/h5-12,19H,2,4,13-14H2,1,3H3.